The van der Waals surface area contributed by atoms with Crippen LogP contribution < -0.4 is 10.6 Å². The second kappa shape index (κ2) is 6.52. The molecule has 1 aromatic heterocycles. The number of nitrogens with one attached hydrogen (secondary N) is 2. The lowest BCUT2D eigenvalue weighted by atomic mass is 10.1. The maximum atomic E-state index is 12.0. The van der Waals surface area contributed by atoms with E-state index in [2.05, 4.69) is 20.5 Å². The van der Waals surface area contributed by atoms with Gasteiger partial charge in [-0.05, 0) is 40.9 Å². The van der Waals surface area contributed by atoms with Crippen molar-refractivity contribution in [2.75, 3.05) is 32.5 Å². The SMILES string of the molecule is CN(C)CCNc1cncc(C(=O)NC(C)(C)C)c1. The molecule has 0 fully saturated rings. The van der Waals surface area contributed by atoms with E-state index in [0.717, 1.165) is 18.8 Å². The van der Waals surface area contributed by atoms with Gasteiger partial charge in [0.25, 0.3) is 5.91 Å². The van der Waals surface area contributed by atoms with Crippen LogP contribution in [-0.4, -0.2) is 48.5 Å². The van der Waals surface area contributed by atoms with Crippen molar-refractivity contribution in [3.63, 3.8) is 0 Å². The molecule has 0 aliphatic carbocycles. The molecule has 1 aromatic rings. The summed E-state index contributed by atoms with van der Waals surface area (Å²) in [7, 11) is 4.04. The van der Waals surface area contributed by atoms with Crippen LogP contribution in [0.4, 0.5) is 5.69 Å². The van der Waals surface area contributed by atoms with E-state index in [9.17, 15) is 4.79 Å². The van der Waals surface area contributed by atoms with Gasteiger partial charge in [0.1, 0.15) is 0 Å². The van der Waals surface area contributed by atoms with E-state index in [0.29, 0.717) is 5.56 Å². The normalized spacial score (nSPS) is 11.5. The molecular formula is C14H24N4O. The number of carbonyl (C=O) groups excluding carboxylic acids is 1. The summed E-state index contributed by atoms with van der Waals surface area (Å²) < 4.78 is 0. The molecule has 1 heterocycles. The highest BCUT2D eigenvalue weighted by atomic mass is 16.1. The van der Waals surface area contributed by atoms with Gasteiger partial charge in [0.15, 0.2) is 0 Å². The molecule has 0 atom stereocenters. The molecule has 1 rings (SSSR count). The van der Waals surface area contributed by atoms with E-state index in [1.165, 1.54) is 0 Å². The number of likely N-dealkylation sites (N-methyl/N-ethyl adjacent to an activating group) is 1. The van der Waals surface area contributed by atoms with Crippen LogP contribution in [0, 0.1) is 0 Å². The summed E-state index contributed by atoms with van der Waals surface area (Å²) in [5.41, 5.74) is 1.19. The van der Waals surface area contributed by atoms with Crippen molar-refractivity contribution in [2.45, 2.75) is 26.3 Å². The molecule has 0 saturated heterocycles. The molecule has 0 unspecified atom stereocenters. The van der Waals surface area contributed by atoms with Crippen molar-refractivity contribution in [2.24, 2.45) is 0 Å². The van der Waals surface area contributed by atoms with Gasteiger partial charge >= 0.3 is 0 Å². The first-order valence-corrected chi connectivity index (χ1v) is 6.44. The minimum absolute atomic E-state index is 0.101. The van der Waals surface area contributed by atoms with Crippen LogP contribution in [0.3, 0.4) is 0 Å². The fraction of sp³-hybridized carbons (Fsp3) is 0.571. The van der Waals surface area contributed by atoms with Gasteiger partial charge in [0.05, 0.1) is 11.3 Å². The van der Waals surface area contributed by atoms with Crippen LogP contribution in [0.5, 0.6) is 0 Å². The molecule has 106 valence electrons. The summed E-state index contributed by atoms with van der Waals surface area (Å²) in [4.78, 5) is 18.2. The van der Waals surface area contributed by atoms with E-state index in [4.69, 9.17) is 0 Å². The first-order valence-electron chi connectivity index (χ1n) is 6.44. The number of aromatic nitrogens is 1. The van der Waals surface area contributed by atoms with Crippen molar-refractivity contribution >= 4 is 11.6 Å². The summed E-state index contributed by atoms with van der Waals surface area (Å²) in [5.74, 6) is -0.101. The molecule has 5 nitrogen and oxygen atoms in total. The summed E-state index contributed by atoms with van der Waals surface area (Å²) in [6, 6.07) is 1.82. The Balaban J connectivity index is 2.64. The second-order valence-corrected chi connectivity index (χ2v) is 5.90. The first-order chi connectivity index (χ1) is 8.78. The number of rotatable bonds is 5. The Kier molecular flexibility index (Phi) is 5.30. The van der Waals surface area contributed by atoms with Crippen LogP contribution in [0.1, 0.15) is 31.1 Å². The van der Waals surface area contributed by atoms with Gasteiger partial charge in [0.2, 0.25) is 0 Å². The number of carbonyl (C=O) groups is 1. The standard InChI is InChI=1S/C14H24N4O/c1-14(2,3)17-13(19)11-8-12(10-15-9-11)16-6-7-18(4)5/h8-10,16H,6-7H2,1-5H3,(H,17,19). The third-order valence-electron chi connectivity index (χ3n) is 2.38. The van der Waals surface area contributed by atoms with Gasteiger partial charge in [-0.15, -0.1) is 0 Å². The van der Waals surface area contributed by atoms with Gasteiger partial charge < -0.3 is 15.5 Å². The van der Waals surface area contributed by atoms with Crippen LogP contribution in [0.2, 0.25) is 0 Å². The first kappa shape index (κ1) is 15.4. The summed E-state index contributed by atoms with van der Waals surface area (Å²) >= 11 is 0. The lowest BCUT2D eigenvalue weighted by Crippen LogP contribution is -2.40. The fourth-order valence-corrected chi connectivity index (χ4v) is 1.50. The minimum atomic E-state index is -0.245. The number of hydrogen-bond donors (Lipinski definition) is 2. The smallest absolute Gasteiger partial charge is 0.253 e. The zero-order valence-electron chi connectivity index (χ0n) is 12.4. The predicted octanol–water partition coefficient (Wildman–Crippen LogP) is 1.58. The average Bonchev–Trinajstić information content (AvgIpc) is 2.26. The quantitative estimate of drug-likeness (QED) is 0.848. The number of hydrogen-bond acceptors (Lipinski definition) is 4. The van der Waals surface area contributed by atoms with Gasteiger partial charge in [-0.1, -0.05) is 0 Å². The van der Waals surface area contributed by atoms with Crippen LogP contribution in [0.25, 0.3) is 0 Å². The third-order valence-corrected chi connectivity index (χ3v) is 2.38. The van der Waals surface area contributed by atoms with Crippen molar-refractivity contribution in [3.8, 4) is 0 Å². The number of anilines is 1. The van der Waals surface area contributed by atoms with E-state index in [1.807, 2.05) is 40.9 Å². The Bertz CT molecular complexity index is 424. The molecule has 1 amide bonds. The Morgan fingerprint density at radius 1 is 1.32 bits per heavy atom. The molecule has 0 aliphatic rings. The molecule has 0 saturated carbocycles. The van der Waals surface area contributed by atoms with Crippen LogP contribution in [0.15, 0.2) is 18.5 Å². The van der Waals surface area contributed by atoms with Crippen molar-refractivity contribution < 1.29 is 4.79 Å². The summed E-state index contributed by atoms with van der Waals surface area (Å²) in [6.07, 6.45) is 3.31. The van der Waals surface area contributed by atoms with E-state index in [-0.39, 0.29) is 11.4 Å². The highest BCUT2D eigenvalue weighted by Crippen LogP contribution is 2.09. The zero-order chi connectivity index (χ0) is 14.5. The monoisotopic (exact) mass is 264 g/mol. The highest BCUT2D eigenvalue weighted by molar-refractivity contribution is 5.95. The van der Waals surface area contributed by atoms with Crippen LogP contribution >= 0.6 is 0 Å². The summed E-state index contributed by atoms with van der Waals surface area (Å²) in [5, 5.41) is 6.17. The zero-order valence-corrected chi connectivity index (χ0v) is 12.4. The molecule has 19 heavy (non-hydrogen) atoms. The number of pyridine rings is 1. The molecular weight excluding hydrogens is 240 g/mol. The van der Waals surface area contributed by atoms with Crippen molar-refractivity contribution in [1.82, 2.24) is 15.2 Å². The molecule has 0 bridgehead atoms. The third kappa shape index (κ3) is 6.20. The van der Waals surface area contributed by atoms with E-state index < -0.39 is 0 Å². The second-order valence-electron chi connectivity index (χ2n) is 5.90. The Hall–Kier alpha value is -1.62. The lowest BCUT2D eigenvalue weighted by molar-refractivity contribution is 0.0919. The Morgan fingerprint density at radius 2 is 2.00 bits per heavy atom. The summed E-state index contributed by atoms with van der Waals surface area (Å²) in [6.45, 7) is 7.62. The van der Waals surface area contributed by atoms with E-state index >= 15 is 0 Å². The largest absolute Gasteiger partial charge is 0.382 e. The topological polar surface area (TPSA) is 57.3 Å². The van der Waals surface area contributed by atoms with E-state index in [1.54, 1.807) is 12.4 Å². The lowest BCUT2D eigenvalue weighted by Gasteiger charge is -2.20. The number of nitrogens with zero attached hydrogens (tertiary/aromatic N) is 2. The molecule has 2 N–H and O–H groups in total. The van der Waals surface area contributed by atoms with Gasteiger partial charge in [0, 0.05) is 31.0 Å². The highest BCUT2D eigenvalue weighted by Gasteiger charge is 2.15. The van der Waals surface area contributed by atoms with Gasteiger partial charge in [-0.25, -0.2) is 0 Å². The molecule has 0 spiro atoms. The minimum Gasteiger partial charge on any atom is -0.382 e. The molecule has 5 heteroatoms. The van der Waals surface area contributed by atoms with Crippen molar-refractivity contribution in [3.05, 3.63) is 24.0 Å². The molecule has 0 aromatic carbocycles. The maximum Gasteiger partial charge on any atom is 0.253 e. The van der Waals surface area contributed by atoms with Crippen molar-refractivity contribution in [1.29, 1.82) is 0 Å². The predicted molar refractivity (Wildman–Crippen MR) is 78.5 cm³/mol. The van der Waals surface area contributed by atoms with Crippen LogP contribution in [-0.2, 0) is 0 Å². The number of amides is 1. The molecule has 0 radical (unpaired) electrons. The molecule has 0 aliphatic heterocycles. The average molecular weight is 264 g/mol. The Labute approximate surface area is 115 Å². The van der Waals surface area contributed by atoms with Gasteiger partial charge in [-0.3, -0.25) is 9.78 Å². The maximum absolute atomic E-state index is 12.0. The fourth-order valence-electron chi connectivity index (χ4n) is 1.50. The Morgan fingerprint density at radius 3 is 2.58 bits per heavy atom. The van der Waals surface area contributed by atoms with Gasteiger partial charge in [-0.2, -0.15) is 0 Å².